The van der Waals surface area contributed by atoms with Crippen LogP contribution in [0, 0.1) is 22.7 Å². The Hall–Kier alpha value is -1.81. The molecule has 10 heavy (non-hydrogen) atoms. The first-order valence-electron chi connectivity index (χ1n) is 2.62. The van der Waals surface area contributed by atoms with Crippen molar-refractivity contribution in [2.45, 2.75) is 5.54 Å². The van der Waals surface area contributed by atoms with Crippen molar-refractivity contribution in [1.29, 1.82) is 10.5 Å². The summed E-state index contributed by atoms with van der Waals surface area (Å²) in [6.45, 7) is 0. The quantitative estimate of drug-likeness (QED) is 0.501. The highest BCUT2D eigenvalue weighted by Gasteiger charge is 2.26. The molecule has 4 heteroatoms. The van der Waals surface area contributed by atoms with Crippen molar-refractivity contribution < 1.29 is 0 Å². The lowest BCUT2D eigenvalue weighted by Gasteiger charge is -2.14. The van der Waals surface area contributed by atoms with Gasteiger partial charge < -0.3 is 5.32 Å². The van der Waals surface area contributed by atoms with E-state index in [2.05, 4.69) is 10.3 Å². The highest BCUT2D eigenvalue weighted by Crippen LogP contribution is 2.01. The van der Waals surface area contributed by atoms with Gasteiger partial charge in [-0.25, -0.2) is 0 Å². The Labute approximate surface area is 58.1 Å². The molecule has 0 saturated heterocycles. The van der Waals surface area contributed by atoms with Gasteiger partial charge in [-0.3, -0.25) is 4.99 Å². The molecule has 0 spiro atoms. The van der Waals surface area contributed by atoms with Crippen molar-refractivity contribution in [2.75, 3.05) is 0 Å². The Morgan fingerprint density at radius 2 is 2.10 bits per heavy atom. The molecular weight excluding hydrogens is 128 g/mol. The lowest BCUT2D eigenvalue weighted by molar-refractivity contribution is 0.753. The predicted octanol–water partition coefficient (Wildman–Crippen LogP) is -0.0824. The summed E-state index contributed by atoms with van der Waals surface area (Å²) in [5.41, 5.74) is -1.26. The topological polar surface area (TPSA) is 72.0 Å². The van der Waals surface area contributed by atoms with E-state index in [1.165, 1.54) is 18.6 Å². The van der Waals surface area contributed by atoms with E-state index in [0.29, 0.717) is 0 Å². The molecule has 0 fully saturated rings. The Morgan fingerprint density at radius 3 is 2.40 bits per heavy atom. The number of rotatable bonds is 0. The third-order valence-electron chi connectivity index (χ3n) is 1.09. The predicted molar refractivity (Wildman–Crippen MR) is 34.7 cm³/mol. The first-order chi connectivity index (χ1) is 4.83. The van der Waals surface area contributed by atoms with Crippen LogP contribution in [0.3, 0.4) is 0 Å². The van der Waals surface area contributed by atoms with E-state index >= 15 is 0 Å². The van der Waals surface area contributed by atoms with E-state index in [1.54, 1.807) is 12.1 Å². The van der Waals surface area contributed by atoms with E-state index in [4.69, 9.17) is 10.5 Å². The third kappa shape index (κ3) is 0.828. The summed E-state index contributed by atoms with van der Waals surface area (Å²) in [6.07, 6.45) is 4.21. The molecule has 0 amide bonds. The number of aliphatic imine (C=N–C) groups is 1. The minimum Gasteiger partial charge on any atom is -0.356 e. The van der Waals surface area contributed by atoms with Gasteiger partial charge in [0, 0.05) is 12.4 Å². The Bertz CT molecular complexity index is 248. The summed E-state index contributed by atoms with van der Waals surface area (Å²) < 4.78 is 0. The maximum absolute atomic E-state index is 8.48. The fourth-order valence-corrected chi connectivity index (χ4v) is 0.551. The average molecular weight is 132 g/mol. The molecular formula is C6H4N4. The van der Waals surface area contributed by atoms with Crippen molar-refractivity contribution in [1.82, 2.24) is 5.32 Å². The molecule has 0 aromatic carbocycles. The number of nitriles is 2. The second-order valence-electron chi connectivity index (χ2n) is 1.77. The zero-order chi connectivity index (χ0) is 7.45. The Balaban J connectivity index is 2.93. The highest BCUT2D eigenvalue weighted by molar-refractivity contribution is 5.80. The van der Waals surface area contributed by atoms with Crippen LogP contribution in [0.1, 0.15) is 0 Å². The fraction of sp³-hybridized carbons (Fsp3) is 0.167. The highest BCUT2D eigenvalue weighted by atomic mass is 15.0. The monoisotopic (exact) mass is 132 g/mol. The van der Waals surface area contributed by atoms with Crippen LogP contribution in [0.25, 0.3) is 0 Å². The first-order valence-corrected chi connectivity index (χ1v) is 2.62. The summed E-state index contributed by atoms with van der Waals surface area (Å²) in [5.74, 6) is 0. The van der Waals surface area contributed by atoms with Crippen LogP contribution in [0.2, 0.25) is 0 Å². The van der Waals surface area contributed by atoms with Crippen LogP contribution in [-0.2, 0) is 0 Å². The minimum absolute atomic E-state index is 1.26. The van der Waals surface area contributed by atoms with E-state index in [0.717, 1.165) is 0 Å². The van der Waals surface area contributed by atoms with Crippen molar-refractivity contribution in [3.63, 3.8) is 0 Å². The molecule has 1 rings (SSSR count). The largest absolute Gasteiger partial charge is 0.356 e. The summed E-state index contributed by atoms with van der Waals surface area (Å²) in [5, 5.41) is 19.5. The van der Waals surface area contributed by atoms with Gasteiger partial charge in [-0.15, -0.1) is 0 Å². The molecule has 1 aliphatic rings. The van der Waals surface area contributed by atoms with Crippen molar-refractivity contribution >= 4 is 6.21 Å². The number of hydrogen-bond acceptors (Lipinski definition) is 4. The van der Waals surface area contributed by atoms with Gasteiger partial charge in [-0.1, -0.05) is 0 Å². The molecule has 1 aliphatic heterocycles. The van der Waals surface area contributed by atoms with Gasteiger partial charge in [0.1, 0.15) is 12.1 Å². The third-order valence-corrected chi connectivity index (χ3v) is 1.09. The summed E-state index contributed by atoms with van der Waals surface area (Å²) in [6, 6.07) is 3.59. The molecule has 0 bridgehead atoms. The zero-order valence-corrected chi connectivity index (χ0v) is 5.07. The van der Waals surface area contributed by atoms with Crippen LogP contribution in [0.5, 0.6) is 0 Å². The summed E-state index contributed by atoms with van der Waals surface area (Å²) >= 11 is 0. The molecule has 0 atom stereocenters. The van der Waals surface area contributed by atoms with Crippen LogP contribution >= 0.6 is 0 Å². The molecule has 0 aliphatic carbocycles. The lowest BCUT2D eigenvalue weighted by atomic mass is 10.1. The van der Waals surface area contributed by atoms with Crippen LogP contribution in [-0.4, -0.2) is 11.8 Å². The van der Waals surface area contributed by atoms with Gasteiger partial charge >= 0.3 is 0 Å². The second kappa shape index (κ2) is 2.20. The fourth-order valence-electron chi connectivity index (χ4n) is 0.551. The van der Waals surface area contributed by atoms with Crippen LogP contribution < -0.4 is 5.32 Å². The first kappa shape index (κ1) is 6.31. The van der Waals surface area contributed by atoms with Crippen molar-refractivity contribution in [3.05, 3.63) is 12.4 Å². The molecule has 0 radical (unpaired) electrons. The lowest BCUT2D eigenvalue weighted by Crippen LogP contribution is -2.42. The van der Waals surface area contributed by atoms with E-state index in [9.17, 15) is 0 Å². The molecule has 1 N–H and O–H groups in total. The Kier molecular flexibility index (Phi) is 1.39. The smallest absolute Gasteiger partial charge is 0.248 e. The van der Waals surface area contributed by atoms with Crippen LogP contribution in [0.4, 0.5) is 0 Å². The summed E-state index contributed by atoms with van der Waals surface area (Å²) in [7, 11) is 0. The zero-order valence-electron chi connectivity index (χ0n) is 5.07. The molecule has 1 heterocycles. The maximum atomic E-state index is 8.48. The number of hydrogen-bond donors (Lipinski definition) is 1. The second-order valence-corrected chi connectivity index (χ2v) is 1.77. The van der Waals surface area contributed by atoms with Gasteiger partial charge in [0.25, 0.3) is 0 Å². The summed E-state index contributed by atoms with van der Waals surface area (Å²) in [4.78, 5) is 3.66. The average Bonchev–Trinajstić information content (AvgIpc) is 2.06. The molecule has 0 saturated carbocycles. The molecule has 0 aromatic rings. The van der Waals surface area contributed by atoms with Gasteiger partial charge in [0.2, 0.25) is 5.54 Å². The number of nitrogens with zero attached hydrogens (tertiary/aromatic N) is 3. The van der Waals surface area contributed by atoms with E-state index < -0.39 is 5.54 Å². The molecule has 4 nitrogen and oxygen atoms in total. The van der Waals surface area contributed by atoms with E-state index in [1.807, 2.05) is 0 Å². The van der Waals surface area contributed by atoms with Gasteiger partial charge in [-0.05, 0) is 0 Å². The number of nitrogens with one attached hydrogen (secondary N) is 1. The van der Waals surface area contributed by atoms with Crippen molar-refractivity contribution in [3.8, 4) is 12.1 Å². The van der Waals surface area contributed by atoms with Crippen molar-refractivity contribution in [2.24, 2.45) is 4.99 Å². The minimum atomic E-state index is -1.26. The molecule has 48 valence electrons. The van der Waals surface area contributed by atoms with Crippen LogP contribution in [0.15, 0.2) is 17.4 Å². The normalized spacial score (nSPS) is 18.6. The van der Waals surface area contributed by atoms with Gasteiger partial charge in [0.15, 0.2) is 0 Å². The Morgan fingerprint density at radius 1 is 1.40 bits per heavy atom. The standard InChI is InChI=1S/C6H4N4/c7-3-6(4-8)5-9-1-2-10-6/h1-2,5,10H. The molecule has 0 aromatic heterocycles. The molecule has 0 unspecified atom stereocenters. The maximum Gasteiger partial charge on any atom is 0.248 e. The SMILES string of the molecule is N#CC1(C#N)C=NC=CN1. The van der Waals surface area contributed by atoms with Gasteiger partial charge in [0.05, 0.1) is 6.21 Å². The van der Waals surface area contributed by atoms with Gasteiger partial charge in [-0.2, -0.15) is 10.5 Å². The van der Waals surface area contributed by atoms with E-state index in [-0.39, 0.29) is 0 Å².